The zero-order chi connectivity index (χ0) is 12.8. The molecule has 94 valence electrons. The quantitative estimate of drug-likeness (QED) is 0.779. The summed E-state index contributed by atoms with van der Waals surface area (Å²) in [6.45, 7) is 2.51. The molecule has 7 heteroatoms. The first-order valence-electron chi connectivity index (χ1n) is 5.18. The molecule has 0 aromatic carbocycles. The highest BCUT2D eigenvalue weighted by Gasteiger charge is 2.09. The first-order chi connectivity index (χ1) is 8.06. The summed E-state index contributed by atoms with van der Waals surface area (Å²) in [7, 11) is 3.00. The summed E-state index contributed by atoms with van der Waals surface area (Å²) in [6, 6.07) is -0.217. The molecular formula is C10H16N4O3. The Kier molecular flexibility index (Phi) is 4.50. The van der Waals surface area contributed by atoms with Gasteiger partial charge in [-0.25, -0.2) is 4.79 Å². The molecule has 1 aromatic heterocycles. The summed E-state index contributed by atoms with van der Waals surface area (Å²) in [5, 5.41) is 6.58. The number of hydrogen-bond acceptors (Lipinski definition) is 4. The molecule has 0 spiro atoms. The minimum atomic E-state index is -0.392. The van der Waals surface area contributed by atoms with Crippen LogP contribution >= 0.6 is 0 Å². The Morgan fingerprint density at radius 3 is 2.88 bits per heavy atom. The van der Waals surface area contributed by atoms with Crippen molar-refractivity contribution in [2.24, 2.45) is 0 Å². The second kappa shape index (κ2) is 5.88. The van der Waals surface area contributed by atoms with Crippen molar-refractivity contribution in [1.29, 1.82) is 0 Å². The third-order valence-electron chi connectivity index (χ3n) is 2.22. The van der Waals surface area contributed by atoms with Crippen LogP contribution in [0.1, 0.15) is 6.92 Å². The predicted octanol–water partition coefficient (Wildman–Crippen LogP) is 0.540. The first kappa shape index (κ1) is 13.0. The highest BCUT2D eigenvalue weighted by molar-refractivity contribution is 5.88. The summed E-state index contributed by atoms with van der Waals surface area (Å²) in [5.74, 6) is -0.392. The number of nitrogens with one attached hydrogen (secondary N) is 1. The van der Waals surface area contributed by atoms with Gasteiger partial charge < -0.3 is 15.0 Å². The summed E-state index contributed by atoms with van der Waals surface area (Å²) in [4.78, 5) is 24.0. The second-order valence-electron chi connectivity index (χ2n) is 3.45. The van der Waals surface area contributed by atoms with E-state index in [0.29, 0.717) is 12.2 Å². The van der Waals surface area contributed by atoms with Gasteiger partial charge in [0.05, 0.1) is 19.0 Å². The molecule has 0 saturated heterocycles. The fourth-order valence-electron chi connectivity index (χ4n) is 1.07. The average molecular weight is 240 g/mol. The van der Waals surface area contributed by atoms with Gasteiger partial charge in [-0.15, -0.1) is 0 Å². The Hall–Kier alpha value is -2.05. The molecule has 0 fully saturated rings. The molecular weight excluding hydrogens is 224 g/mol. The highest BCUT2D eigenvalue weighted by atomic mass is 16.5. The van der Waals surface area contributed by atoms with E-state index in [4.69, 9.17) is 0 Å². The van der Waals surface area contributed by atoms with Crippen molar-refractivity contribution >= 4 is 17.7 Å². The van der Waals surface area contributed by atoms with Crippen LogP contribution in [0.25, 0.3) is 0 Å². The molecule has 1 rings (SSSR count). The first-order valence-corrected chi connectivity index (χ1v) is 5.18. The van der Waals surface area contributed by atoms with Gasteiger partial charge in [0.2, 0.25) is 0 Å². The molecule has 2 amide bonds. The number of carbonyl (C=O) groups excluding carboxylic acids is 2. The second-order valence-corrected chi connectivity index (χ2v) is 3.45. The standard InChI is InChI=1S/C10H16N4O3/c1-4-13(2)10(16)12-8-5-11-14(6-8)7-9(15)17-3/h5-6H,4,7H2,1-3H3,(H,12,16). The Morgan fingerprint density at radius 2 is 2.29 bits per heavy atom. The third-order valence-corrected chi connectivity index (χ3v) is 2.22. The van der Waals surface area contributed by atoms with E-state index in [-0.39, 0.29) is 12.6 Å². The lowest BCUT2D eigenvalue weighted by Crippen LogP contribution is -2.30. The van der Waals surface area contributed by atoms with Gasteiger partial charge in [-0.2, -0.15) is 5.10 Å². The maximum absolute atomic E-state index is 11.5. The number of rotatable bonds is 4. The Morgan fingerprint density at radius 1 is 1.59 bits per heavy atom. The summed E-state index contributed by atoms with van der Waals surface area (Å²) in [6.07, 6.45) is 3.04. The van der Waals surface area contributed by atoms with Crippen molar-refractivity contribution < 1.29 is 14.3 Å². The van der Waals surface area contributed by atoms with Crippen LogP contribution < -0.4 is 5.32 Å². The average Bonchev–Trinajstić information content (AvgIpc) is 2.75. The number of aromatic nitrogens is 2. The normalized spacial score (nSPS) is 9.82. The van der Waals surface area contributed by atoms with Crippen LogP contribution in [0.5, 0.6) is 0 Å². The molecule has 0 atom stereocenters. The van der Waals surface area contributed by atoms with E-state index in [1.165, 1.54) is 22.9 Å². The number of methoxy groups -OCH3 is 1. The van der Waals surface area contributed by atoms with Crippen LogP contribution in [0.3, 0.4) is 0 Å². The molecule has 0 saturated carbocycles. The van der Waals surface area contributed by atoms with Gasteiger partial charge >= 0.3 is 12.0 Å². The Bertz CT molecular complexity index is 402. The lowest BCUT2D eigenvalue weighted by Gasteiger charge is -2.14. The van der Waals surface area contributed by atoms with Gasteiger partial charge in [0.1, 0.15) is 6.54 Å². The Balaban J connectivity index is 2.56. The number of anilines is 1. The van der Waals surface area contributed by atoms with Gasteiger partial charge in [0.15, 0.2) is 0 Å². The fraction of sp³-hybridized carbons (Fsp3) is 0.500. The van der Waals surface area contributed by atoms with Crippen molar-refractivity contribution in [2.45, 2.75) is 13.5 Å². The smallest absolute Gasteiger partial charge is 0.327 e. The molecule has 0 aliphatic carbocycles. The SMILES string of the molecule is CCN(C)C(=O)Nc1cnn(CC(=O)OC)c1. The summed E-state index contributed by atoms with van der Waals surface area (Å²) < 4.78 is 5.90. The molecule has 0 radical (unpaired) electrons. The monoisotopic (exact) mass is 240 g/mol. The van der Waals surface area contributed by atoms with E-state index in [1.54, 1.807) is 13.2 Å². The minimum Gasteiger partial charge on any atom is -0.468 e. The Labute approximate surface area is 99.3 Å². The predicted molar refractivity (Wildman–Crippen MR) is 61.6 cm³/mol. The van der Waals surface area contributed by atoms with Gasteiger partial charge in [-0.05, 0) is 6.92 Å². The lowest BCUT2D eigenvalue weighted by molar-refractivity contribution is -0.141. The van der Waals surface area contributed by atoms with Crippen molar-refractivity contribution in [3.63, 3.8) is 0 Å². The van der Waals surface area contributed by atoms with E-state index >= 15 is 0 Å². The molecule has 7 nitrogen and oxygen atoms in total. The number of nitrogens with zero attached hydrogens (tertiary/aromatic N) is 3. The third kappa shape index (κ3) is 3.78. The zero-order valence-corrected chi connectivity index (χ0v) is 10.1. The van der Waals surface area contributed by atoms with Crippen LogP contribution in [-0.4, -0.2) is 47.4 Å². The van der Waals surface area contributed by atoms with Crippen molar-refractivity contribution in [3.8, 4) is 0 Å². The van der Waals surface area contributed by atoms with Crippen LogP contribution in [0.15, 0.2) is 12.4 Å². The summed E-state index contributed by atoms with van der Waals surface area (Å²) in [5.41, 5.74) is 0.541. The van der Waals surface area contributed by atoms with Gasteiger partial charge in [0, 0.05) is 19.8 Å². The number of amides is 2. The maximum Gasteiger partial charge on any atom is 0.327 e. The number of esters is 1. The van der Waals surface area contributed by atoms with E-state index in [1.807, 2.05) is 6.92 Å². The van der Waals surface area contributed by atoms with Crippen molar-refractivity contribution in [1.82, 2.24) is 14.7 Å². The highest BCUT2D eigenvalue weighted by Crippen LogP contribution is 2.05. The number of carbonyl (C=O) groups is 2. The largest absolute Gasteiger partial charge is 0.468 e. The van der Waals surface area contributed by atoms with Gasteiger partial charge in [-0.1, -0.05) is 0 Å². The summed E-state index contributed by atoms with van der Waals surface area (Å²) >= 11 is 0. The van der Waals surface area contributed by atoms with Crippen LogP contribution in [0.4, 0.5) is 10.5 Å². The molecule has 17 heavy (non-hydrogen) atoms. The van der Waals surface area contributed by atoms with E-state index in [9.17, 15) is 9.59 Å². The molecule has 1 heterocycles. The van der Waals surface area contributed by atoms with Crippen LogP contribution in [0, 0.1) is 0 Å². The van der Waals surface area contributed by atoms with Crippen molar-refractivity contribution in [3.05, 3.63) is 12.4 Å². The maximum atomic E-state index is 11.5. The van der Waals surface area contributed by atoms with Gasteiger partial charge in [0.25, 0.3) is 0 Å². The molecule has 0 unspecified atom stereocenters. The number of ether oxygens (including phenoxy) is 1. The number of urea groups is 1. The number of hydrogen-bond donors (Lipinski definition) is 1. The molecule has 0 aliphatic heterocycles. The van der Waals surface area contributed by atoms with Crippen LogP contribution in [0.2, 0.25) is 0 Å². The van der Waals surface area contributed by atoms with E-state index in [0.717, 1.165) is 0 Å². The fourth-order valence-corrected chi connectivity index (χ4v) is 1.07. The molecule has 0 bridgehead atoms. The van der Waals surface area contributed by atoms with Gasteiger partial charge in [-0.3, -0.25) is 9.48 Å². The zero-order valence-electron chi connectivity index (χ0n) is 10.1. The van der Waals surface area contributed by atoms with E-state index in [2.05, 4.69) is 15.2 Å². The van der Waals surface area contributed by atoms with Crippen LogP contribution in [-0.2, 0) is 16.1 Å². The topological polar surface area (TPSA) is 76.5 Å². The molecule has 1 aromatic rings. The van der Waals surface area contributed by atoms with Crippen molar-refractivity contribution in [2.75, 3.05) is 26.0 Å². The molecule has 0 aliphatic rings. The van der Waals surface area contributed by atoms with E-state index < -0.39 is 5.97 Å². The molecule has 1 N–H and O–H groups in total. The minimum absolute atomic E-state index is 0.0238. The lowest BCUT2D eigenvalue weighted by atomic mass is 10.5.